The number of hydrogen-bond acceptors (Lipinski definition) is 3. The zero-order chi connectivity index (χ0) is 17.1. The number of para-hydroxylation sites is 2. The van der Waals surface area contributed by atoms with Crippen LogP contribution in [-0.4, -0.2) is 31.5 Å². The molecule has 0 bridgehead atoms. The Morgan fingerprint density at radius 2 is 1.92 bits per heavy atom. The highest BCUT2D eigenvalue weighted by molar-refractivity contribution is 9.10. The largest absolute Gasteiger partial charge is 0.478 e. The normalized spacial score (nSPS) is 16.3. The molecule has 24 heavy (non-hydrogen) atoms. The molecule has 0 spiro atoms. The molecule has 0 aliphatic carbocycles. The molecule has 124 valence electrons. The molecule has 3 rings (SSSR count). The Balaban J connectivity index is 1.58. The van der Waals surface area contributed by atoms with Crippen molar-refractivity contribution in [1.82, 2.24) is 5.32 Å². The number of fused-ring (bicyclic) bond motifs is 1. The standard InChI is InChI=1S/C18H17BrN2O3/c1-21-14-4-2-3-5-15(14)24-16(18(21)23)10-11-20-17(22)12-6-8-13(19)9-7-12/h2-9,16H,10-11H2,1H3,(H,20,22). The maximum atomic E-state index is 12.4. The second kappa shape index (κ2) is 7.05. The first-order valence-electron chi connectivity index (χ1n) is 7.63. The lowest BCUT2D eigenvalue weighted by Gasteiger charge is -2.31. The van der Waals surface area contributed by atoms with E-state index in [1.165, 1.54) is 0 Å². The summed E-state index contributed by atoms with van der Waals surface area (Å²) in [7, 11) is 1.73. The van der Waals surface area contributed by atoms with Gasteiger partial charge in [-0.25, -0.2) is 0 Å². The van der Waals surface area contributed by atoms with Gasteiger partial charge in [0.1, 0.15) is 5.75 Å². The summed E-state index contributed by atoms with van der Waals surface area (Å²) in [4.78, 5) is 26.0. The smallest absolute Gasteiger partial charge is 0.267 e. The number of halogens is 1. The maximum absolute atomic E-state index is 12.4. The van der Waals surface area contributed by atoms with E-state index in [4.69, 9.17) is 4.74 Å². The zero-order valence-corrected chi connectivity index (χ0v) is 14.7. The predicted octanol–water partition coefficient (Wildman–Crippen LogP) is 2.99. The monoisotopic (exact) mass is 388 g/mol. The summed E-state index contributed by atoms with van der Waals surface area (Å²) >= 11 is 3.33. The van der Waals surface area contributed by atoms with Crippen LogP contribution in [0.25, 0.3) is 0 Å². The molecule has 0 saturated heterocycles. The third kappa shape index (κ3) is 3.43. The summed E-state index contributed by atoms with van der Waals surface area (Å²) in [6.07, 6.45) is -0.171. The number of likely N-dealkylation sites (N-methyl/N-ethyl adjacent to an activating group) is 1. The summed E-state index contributed by atoms with van der Waals surface area (Å²) < 4.78 is 6.69. The van der Waals surface area contributed by atoms with Gasteiger partial charge in [0, 0.05) is 30.0 Å². The molecule has 2 aromatic rings. The molecule has 5 nitrogen and oxygen atoms in total. The molecule has 2 amide bonds. The maximum Gasteiger partial charge on any atom is 0.267 e. The van der Waals surface area contributed by atoms with Gasteiger partial charge in [0.25, 0.3) is 11.8 Å². The number of nitrogens with zero attached hydrogens (tertiary/aromatic N) is 1. The fourth-order valence-electron chi connectivity index (χ4n) is 2.57. The summed E-state index contributed by atoms with van der Waals surface area (Å²) in [5.41, 5.74) is 1.34. The summed E-state index contributed by atoms with van der Waals surface area (Å²) in [5.74, 6) is 0.412. The number of carbonyl (C=O) groups is 2. The van der Waals surface area contributed by atoms with Crippen molar-refractivity contribution in [3.8, 4) is 5.75 Å². The topological polar surface area (TPSA) is 58.6 Å². The van der Waals surface area contributed by atoms with E-state index < -0.39 is 6.10 Å². The molecule has 6 heteroatoms. The van der Waals surface area contributed by atoms with E-state index in [1.807, 2.05) is 36.4 Å². The number of carbonyl (C=O) groups excluding carboxylic acids is 2. The number of hydrogen-bond donors (Lipinski definition) is 1. The highest BCUT2D eigenvalue weighted by Gasteiger charge is 2.31. The van der Waals surface area contributed by atoms with Gasteiger partial charge in [-0.15, -0.1) is 0 Å². The first-order valence-corrected chi connectivity index (χ1v) is 8.42. The molecule has 1 heterocycles. The second-order valence-electron chi connectivity index (χ2n) is 5.52. The third-order valence-electron chi connectivity index (χ3n) is 3.90. The highest BCUT2D eigenvalue weighted by atomic mass is 79.9. The van der Waals surface area contributed by atoms with Crippen molar-refractivity contribution < 1.29 is 14.3 Å². The van der Waals surface area contributed by atoms with Crippen LogP contribution in [0.5, 0.6) is 5.75 Å². The van der Waals surface area contributed by atoms with Crippen LogP contribution in [0.2, 0.25) is 0 Å². The van der Waals surface area contributed by atoms with Gasteiger partial charge in [-0.05, 0) is 36.4 Å². The average Bonchev–Trinajstić information content (AvgIpc) is 2.59. The van der Waals surface area contributed by atoms with E-state index in [0.29, 0.717) is 24.3 Å². The first kappa shape index (κ1) is 16.5. The number of anilines is 1. The van der Waals surface area contributed by atoms with E-state index in [9.17, 15) is 9.59 Å². The number of benzene rings is 2. The summed E-state index contributed by atoms with van der Waals surface area (Å²) in [6, 6.07) is 14.5. The molecular formula is C18H17BrN2O3. The molecule has 0 aromatic heterocycles. The van der Waals surface area contributed by atoms with Gasteiger partial charge >= 0.3 is 0 Å². The van der Waals surface area contributed by atoms with E-state index in [2.05, 4.69) is 21.2 Å². The Bertz CT molecular complexity index is 761. The summed E-state index contributed by atoms with van der Waals surface area (Å²) in [6.45, 7) is 0.362. The average molecular weight is 389 g/mol. The SMILES string of the molecule is CN1C(=O)C(CCNC(=O)c2ccc(Br)cc2)Oc2ccccc21. The Morgan fingerprint density at radius 1 is 1.21 bits per heavy atom. The van der Waals surface area contributed by atoms with Gasteiger partial charge in [0.05, 0.1) is 5.69 Å². The third-order valence-corrected chi connectivity index (χ3v) is 4.43. The molecular weight excluding hydrogens is 372 g/mol. The van der Waals surface area contributed by atoms with Crippen LogP contribution in [0.15, 0.2) is 53.0 Å². The Kier molecular flexibility index (Phi) is 4.85. The Morgan fingerprint density at radius 3 is 2.67 bits per heavy atom. The number of rotatable bonds is 4. The second-order valence-corrected chi connectivity index (χ2v) is 6.44. The molecule has 1 aliphatic rings. The number of nitrogens with one attached hydrogen (secondary N) is 1. The van der Waals surface area contributed by atoms with Gasteiger partial charge in [-0.2, -0.15) is 0 Å². The van der Waals surface area contributed by atoms with Crippen LogP contribution in [-0.2, 0) is 4.79 Å². The van der Waals surface area contributed by atoms with Crippen molar-refractivity contribution in [2.75, 3.05) is 18.5 Å². The van der Waals surface area contributed by atoms with E-state index in [1.54, 1.807) is 24.1 Å². The van der Waals surface area contributed by atoms with Crippen molar-refractivity contribution in [2.45, 2.75) is 12.5 Å². The molecule has 0 radical (unpaired) electrons. The van der Waals surface area contributed by atoms with Crippen LogP contribution in [0, 0.1) is 0 Å². The lowest BCUT2D eigenvalue weighted by Crippen LogP contribution is -2.45. The van der Waals surface area contributed by atoms with Crippen LogP contribution in [0.4, 0.5) is 5.69 Å². The van der Waals surface area contributed by atoms with Crippen molar-refractivity contribution in [2.24, 2.45) is 0 Å². The molecule has 0 fully saturated rings. The molecule has 0 saturated carbocycles. The lowest BCUT2D eigenvalue weighted by molar-refractivity contribution is -0.126. The van der Waals surface area contributed by atoms with Crippen LogP contribution >= 0.6 is 15.9 Å². The fourth-order valence-corrected chi connectivity index (χ4v) is 2.84. The van der Waals surface area contributed by atoms with Gasteiger partial charge in [-0.3, -0.25) is 9.59 Å². The zero-order valence-electron chi connectivity index (χ0n) is 13.2. The quantitative estimate of drug-likeness (QED) is 0.875. The number of amides is 2. The molecule has 1 unspecified atom stereocenters. The van der Waals surface area contributed by atoms with Gasteiger partial charge < -0.3 is 15.0 Å². The minimum Gasteiger partial charge on any atom is -0.478 e. The van der Waals surface area contributed by atoms with Gasteiger partial charge in [0.2, 0.25) is 0 Å². The van der Waals surface area contributed by atoms with E-state index in [0.717, 1.165) is 10.2 Å². The van der Waals surface area contributed by atoms with E-state index >= 15 is 0 Å². The van der Waals surface area contributed by atoms with Crippen molar-refractivity contribution in [1.29, 1.82) is 0 Å². The molecule has 2 aromatic carbocycles. The fraction of sp³-hybridized carbons (Fsp3) is 0.222. The van der Waals surface area contributed by atoms with Crippen LogP contribution in [0.3, 0.4) is 0 Å². The summed E-state index contributed by atoms with van der Waals surface area (Å²) in [5, 5.41) is 2.82. The lowest BCUT2D eigenvalue weighted by atomic mass is 10.1. The number of ether oxygens (including phenoxy) is 1. The highest BCUT2D eigenvalue weighted by Crippen LogP contribution is 2.33. The van der Waals surface area contributed by atoms with Crippen molar-refractivity contribution in [3.63, 3.8) is 0 Å². The van der Waals surface area contributed by atoms with Crippen molar-refractivity contribution in [3.05, 3.63) is 58.6 Å². The minimum atomic E-state index is -0.588. The predicted molar refractivity (Wildman–Crippen MR) is 95.4 cm³/mol. The molecule has 1 atom stereocenters. The van der Waals surface area contributed by atoms with Crippen LogP contribution in [0.1, 0.15) is 16.8 Å². The van der Waals surface area contributed by atoms with Gasteiger partial charge in [-0.1, -0.05) is 28.1 Å². The minimum absolute atomic E-state index is 0.105. The van der Waals surface area contributed by atoms with E-state index in [-0.39, 0.29) is 11.8 Å². The Labute approximate surface area is 148 Å². The molecule has 1 N–H and O–H groups in total. The first-order chi connectivity index (χ1) is 11.6. The van der Waals surface area contributed by atoms with Gasteiger partial charge in [0.15, 0.2) is 6.10 Å². The molecule has 1 aliphatic heterocycles. The van der Waals surface area contributed by atoms with Crippen molar-refractivity contribution >= 4 is 33.4 Å². The van der Waals surface area contributed by atoms with Crippen LogP contribution < -0.4 is 15.0 Å². The Hall–Kier alpha value is -2.34.